The molecule has 0 aliphatic carbocycles. The summed E-state index contributed by atoms with van der Waals surface area (Å²) in [6.07, 6.45) is 0. The van der Waals surface area contributed by atoms with E-state index in [1.807, 2.05) is 0 Å². The number of benzene rings is 1. The molecule has 2 aromatic rings. The monoisotopic (exact) mass is 282 g/mol. The fourth-order valence-electron chi connectivity index (χ4n) is 1.67. The summed E-state index contributed by atoms with van der Waals surface area (Å²) in [7, 11) is 0. The molecule has 16 heavy (non-hydrogen) atoms. The van der Waals surface area contributed by atoms with Gasteiger partial charge in [-0.15, -0.1) is 0 Å². The Labute approximate surface area is 100 Å². The highest BCUT2D eigenvalue weighted by Gasteiger charge is 2.09. The van der Waals surface area contributed by atoms with Crippen molar-refractivity contribution in [3.63, 3.8) is 0 Å². The summed E-state index contributed by atoms with van der Waals surface area (Å²) < 4.78 is 2.04. The second kappa shape index (κ2) is 3.90. The molecule has 0 fully saturated rings. The molecular formula is C11H11BrN2O2. The number of fused-ring (bicyclic) bond motifs is 1. The van der Waals surface area contributed by atoms with Crippen molar-refractivity contribution < 1.29 is 0 Å². The van der Waals surface area contributed by atoms with E-state index >= 15 is 0 Å². The third-order valence-corrected chi connectivity index (χ3v) is 2.90. The van der Waals surface area contributed by atoms with Crippen LogP contribution in [0.4, 0.5) is 0 Å². The molecule has 84 valence electrons. The highest BCUT2D eigenvalue weighted by Crippen LogP contribution is 2.14. The summed E-state index contributed by atoms with van der Waals surface area (Å²) in [4.78, 5) is 26.4. The van der Waals surface area contributed by atoms with E-state index in [1.165, 1.54) is 4.57 Å². The molecule has 2 rings (SSSR count). The lowest BCUT2D eigenvalue weighted by atomic mass is 10.2. The predicted octanol–water partition coefficient (Wildman–Crippen LogP) is 2.03. The normalized spacial score (nSPS) is 11.2. The molecule has 0 saturated heterocycles. The molecule has 0 spiro atoms. The molecule has 4 nitrogen and oxygen atoms in total. The van der Waals surface area contributed by atoms with Gasteiger partial charge in [0.2, 0.25) is 0 Å². The third-order valence-electron chi connectivity index (χ3n) is 2.41. The first-order chi connectivity index (χ1) is 7.50. The highest BCUT2D eigenvalue weighted by atomic mass is 79.9. The maximum atomic E-state index is 12.1. The number of halogens is 1. The lowest BCUT2D eigenvalue weighted by molar-refractivity contribution is 0.552. The summed E-state index contributed by atoms with van der Waals surface area (Å²) >= 11 is 3.31. The molecule has 0 aliphatic heterocycles. The number of hydrogen-bond donors (Lipinski definition) is 1. The second-order valence-electron chi connectivity index (χ2n) is 3.89. The van der Waals surface area contributed by atoms with E-state index in [1.54, 1.807) is 32.0 Å². The van der Waals surface area contributed by atoms with Gasteiger partial charge in [0.1, 0.15) is 0 Å². The van der Waals surface area contributed by atoms with Crippen LogP contribution in [0.2, 0.25) is 0 Å². The smallest absolute Gasteiger partial charge is 0.307 e. The number of aromatic amines is 1. The number of aromatic nitrogens is 2. The number of hydrogen-bond acceptors (Lipinski definition) is 2. The molecular weight excluding hydrogens is 272 g/mol. The topological polar surface area (TPSA) is 54.9 Å². The Balaban J connectivity index is 2.97. The maximum Gasteiger partial charge on any atom is 0.329 e. The first kappa shape index (κ1) is 11.1. The summed E-state index contributed by atoms with van der Waals surface area (Å²) in [5.41, 5.74) is -0.0556. The van der Waals surface area contributed by atoms with Gasteiger partial charge in [-0.1, -0.05) is 15.9 Å². The van der Waals surface area contributed by atoms with Crippen LogP contribution in [0.15, 0.2) is 32.3 Å². The standard InChI is InChI=1S/C11H11BrN2O2/c1-6(2)14-10(15)8-5-7(12)3-4-9(8)13-11(14)16/h3-6H,1-2H3,(H,13,16). The van der Waals surface area contributed by atoms with Crippen LogP contribution in [0.25, 0.3) is 10.9 Å². The van der Waals surface area contributed by atoms with Crippen molar-refractivity contribution in [1.29, 1.82) is 0 Å². The Kier molecular flexibility index (Phi) is 2.71. The van der Waals surface area contributed by atoms with Gasteiger partial charge in [-0.25, -0.2) is 4.79 Å². The Hall–Kier alpha value is -1.36. The third kappa shape index (κ3) is 1.71. The highest BCUT2D eigenvalue weighted by molar-refractivity contribution is 9.10. The fraction of sp³-hybridized carbons (Fsp3) is 0.273. The van der Waals surface area contributed by atoms with Gasteiger partial charge >= 0.3 is 5.69 Å². The van der Waals surface area contributed by atoms with Crippen LogP contribution < -0.4 is 11.2 Å². The Morgan fingerprint density at radius 1 is 1.31 bits per heavy atom. The van der Waals surface area contributed by atoms with Crippen LogP contribution >= 0.6 is 15.9 Å². The van der Waals surface area contributed by atoms with E-state index in [9.17, 15) is 9.59 Å². The number of nitrogens with zero attached hydrogens (tertiary/aromatic N) is 1. The molecule has 1 N–H and O–H groups in total. The van der Waals surface area contributed by atoms with E-state index in [0.717, 1.165) is 4.47 Å². The van der Waals surface area contributed by atoms with Crippen LogP contribution in [0.5, 0.6) is 0 Å². The van der Waals surface area contributed by atoms with Gasteiger partial charge < -0.3 is 4.98 Å². The van der Waals surface area contributed by atoms with Gasteiger partial charge in [0, 0.05) is 10.5 Å². The van der Waals surface area contributed by atoms with Crippen molar-refractivity contribution in [3.05, 3.63) is 43.5 Å². The predicted molar refractivity (Wildman–Crippen MR) is 66.9 cm³/mol. The molecule has 5 heteroatoms. The van der Waals surface area contributed by atoms with Crippen LogP contribution in [-0.2, 0) is 0 Å². The van der Waals surface area contributed by atoms with Gasteiger partial charge in [-0.2, -0.15) is 0 Å². The van der Waals surface area contributed by atoms with E-state index in [2.05, 4.69) is 20.9 Å². The lowest BCUT2D eigenvalue weighted by Gasteiger charge is -2.09. The van der Waals surface area contributed by atoms with E-state index in [-0.39, 0.29) is 17.3 Å². The Bertz CT molecular complexity index is 655. The maximum absolute atomic E-state index is 12.1. The molecule has 0 atom stereocenters. The second-order valence-corrected chi connectivity index (χ2v) is 4.80. The molecule has 1 aromatic carbocycles. The fourth-order valence-corrected chi connectivity index (χ4v) is 2.03. The zero-order chi connectivity index (χ0) is 11.9. The van der Waals surface area contributed by atoms with Crippen molar-refractivity contribution in [1.82, 2.24) is 9.55 Å². The van der Waals surface area contributed by atoms with E-state index < -0.39 is 0 Å². The number of rotatable bonds is 1. The molecule has 1 aromatic heterocycles. The molecule has 0 bridgehead atoms. The molecule has 0 aliphatic rings. The minimum Gasteiger partial charge on any atom is -0.307 e. The zero-order valence-corrected chi connectivity index (χ0v) is 10.5. The zero-order valence-electron chi connectivity index (χ0n) is 8.95. The van der Waals surface area contributed by atoms with Crippen LogP contribution in [0.3, 0.4) is 0 Å². The minimum atomic E-state index is -0.366. The van der Waals surface area contributed by atoms with Crippen molar-refractivity contribution in [2.24, 2.45) is 0 Å². The van der Waals surface area contributed by atoms with Gasteiger partial charge in [0.05, 0.1) is 10.9 Å². The molecule has 1 heterocycles. The Morgan fingerprint density at radius 3 is 2.62 bits per heavy atom. The average Bonchev–Trinajstić information content (AvgIpc) is 2.19. The molecule has 0 radical (unpaired) electrons. The molecule has 0 saturated carbocycles. The summed E-state index contributed by atoms with van der Waals surface area (Å²) in [6, 6.07) is 5.07. The van der Waals surface area contributed by atoms with Crippen molar-refractivity contribution >= 4 is 26.8 Å². The van der Waals surface area contributed by atoms with Crippen LogP contribution in [0.1, 0.15) is 19.9 Å². The lowest BCUT2D eigenvalue weighted by Crippen LogP contribution is -2.36. The van der Waals surface area contributed by atoms with Gasteiger partial charge in [0.15, 0.2) is 0 Å². The van der Waals surface area contributed by atoms with Crippen molar-refractivity contribution in [2.75, 3.05) is 0 Å². The van der Waals surface area contributed by atoms with E-state index in [4.69, 9.17) is 0 Å². The largest absolute Gasteiger partial charge is 0.329 e. The summed E-state index contributed by atoms with van der Waals surface area (Å²) in [6.45, 7) is 3.61. The van der Waals surface area contributed by atoms with Crippen molar-refractivity contribution in [2.45, 2.75) is 19.9 Å². The molecule has 0 unspecified atom stereocenters. The minimum absolute atomic E-state index is 0.153. The van der Waals surface area contributed by atoms with Crippen molar-refractivity contribution in [3.8, 4) is 0 Å². The summed E-state index contributed by atoms with van der Waals surface area (Å²) in [5, 5.41) is 0.516. The van der Waals surface area contributed by atoms with Crippen LogP contribution in [0, 0.1) is 0 Å². The van der Waals surface area contributed by atoms with E-state index in [0.29, 0.717) is 10.9 Å². The average molecular weight is 283 g/mol. The first-order valence-corrected chi connectivity index (χ1v) is 5.74. The van der Waals surface area contributed by atoms with Gasteiger partial charge in [-0.05, 0) is 32.0 Å². The number of nitrogens with one attached hydrogen (secondary N) is 1. The SMILES string of the molecule is CC(C)n1c(=O)[nH]c2ccc(Br)cc2c1=O. The number of H-pyrrole nitrogens is 1. The van der Waals surface area contributed by atoms with Crippen LogP contribution in [-0.4, -0.2) is 9.55 Å². The summed E-state index contributed by atoms with van der Waals surface area (Å²) in [5.74, 6) is 0. The van der Waals surface area contributed by atoms with Gasteiger partial charge in [-0.3, -0.25) is 9.36 Å². The quantitative estimate of drug-likeness (QED) is 0.870. The Morgan fingerprint density at radius 2 is 2.00 bits per heavy atom. The first-order valence-electron chi connectivity index (χ1n) is 4.95. The van der Waals surface area contributed by atoms with Gasteiger partial charge in [0.25, 0.3) is 5.56 Å². The molecule has 0 amide bonds.